The third-order valence-corrected chi connectivity index (χ3v) is 4.74. The molecule has 0 bridgehead atoms. The van der Waals surface area contributed by atoms with Gasteiger partial charge in [-0.15, -0.1) is 0 Å². The van der Waals surface area contributed by atoms with E-state index in [0.717, 1.165) is 19.4 Å². The summed E-state index contributed by atoms with van der Waals surface area (Å²) in [5.41, 5.74) is 6.49. The Kier molecular flexibility index (Phi) is 4.86. The molecular weight excluding hydrogens is 365 g/mol. The minimum atomic E-state index is -0.402. The van der Waals surface area contributed by atoms with Crippen molar-refractivity contribution in [2.75, 3.05) is 18.8 Å². The maximum absolute atomic E-state index is 10.2. The van der Waals surface area contributed by atoms with Crippen LogP contribution in [0.15, 0.2) is 6.07 Å². The zero-order valence-corrected chi connectivity index (χ0v) is 14.6. The van der Waals surface area contributed by atoms with Crippen LogP contribution in [0.1, 0.15) is 30.0 Å². The highest BCUT2D eigenvalue weighted by atomic mass is 35.5. The highest BCUT2D eigenvalue weighted by molar-refractivity contribution is 6.37. The Labute approximate surface area is 154 Å². The van der Waals surface area contributed by atoms with Crippen molar-refractivity contribution in [1.82, 2.24) is 15.3 Å². The number of nitriles is 1. The lowest BCUT2D eigenvalue weighted by Crippen LogP contribution is -2.29. The number of phenolic OH excluding ortho intramolecular Hbond substituents is 2. The quantitative estimate of drug-likeness (QED) is 0.631. The molecule has 0 aliphatic carbocycles. The van der Waals surface area contributed by atoms with Crippen molar-refractivity contribution in [3.63, 3.8) is 0 Å². The van der Waals surface area contributed by atoms with Crippen molar-refractivity contribution < 1.29 is 10.2 Å². The van der Waals surface area contributed by atoms with Gasteiger partial charge in [-0.2, -0.15) is 5.26 Å². The summed E-state index contributed by atoms with van der Waals surface area (Å²) in [7, 11) is 0. The molecule has 1 aromatic carbocycles. The number of nitrogens with two attached hydrogens (primary N) is 1. The van der Waals surface area contributed by atoms with Crippen molar-refractivity contribution in [2.24, 2.45) is 0 Å². The van der Waals surface area contributed by atoms with Crippen molar-refractivity contribution >= 4 is 29.0 Å². The fourth-order valence-electron chi connectivity index (χ4n) is 2.91. The monoisotopic (exact) mass is 379 g/mol. The molecule has 1 aliphatic heterocycles. The minimum Gasteiger partial charge on any atom is -0.505 e. The standard InChI is InChI=1S/C16H15Cl2N5O2/c17-9-4-10(18)14(25)11(13(9)24)16-22-12(7-2-1-3-21-6-7)8(5-19)15(20)23-16/h4,7,21,24-25H,1-3,6H2,(H2,20,22,23). The molecule has 1 fully saturated rings. The number of nitrogen functional groups attached to an aromatic ring is 1. The van der Waals surface area contributed by atoms with Crippen LogP contribution in [0.3, 0.4) is 0 Å². The summed E-state index contributed by atoms with van der Waals surface area (Å²) in [6.07, 6.45) is 1.78. The maximum atomic E-state index is 10.2. The summed E-state index contributed by atoms with van der Waals surface area (Å²) in [6, 6.07) is 3.26. The molecule has 0 spiro atoms. The largest absolute Gasteiger partial charge is 0.505 e. The summed E-state index contributed by atoms with van der Waals surface area (Å²) in [6.45, 7) is 1.55. The number of anilines is 1. The highest BCUT2D eigenvalue weighted by Gasteiger charge is 2.26. The van der Waals surface area contributed by atoms with Crippen LogP contribution < -0.4 is 11.1 Å². The zero-order valence-electron chi connectivity index (χ0n) is 13.1. The van der Waals surface area contributed by atoms with Gasteiger partial charge in [-0.05, 0) is 25.5 Å². The molecule has 1 aliphatic rings. The Balaban J connectivity index is 2.23. The lowest BCUT2D eigenvalue weighted by atomic mass is 9.93. The summed E-state index contributed by atoms with van der Waals surface area (Å²) in [5.74, 6) is -0.883. The van der Waals surface area contributed by atoms with Crippen molar-refractivity contribution in [3.8, 4) is 29.0 Å². The Morgan fingerprint density at radius 2 is 1.92 bits per heavy atom. The van der Waals surface area contributed by atoms with Gasteiger partial charge in [0.25, 0.3) is 0 Å². The Hall–Kier alpha value is -2.27. The first-order valence-corrected chi connectivity index (χ1v) is 8.38. The van der Waals surface area contributed by atoms with Crippen molar-refractivity contribution in [1.29, 1.82) is 5.26 Å². The number of hydrogen-bond acceptors (Lipinski definition) is 7. The number of piperidine rings is 1. The van der Waals surface area contributed by atoms with Crippen LogP contribution >= 0.6 is 23.2 Å². The number of benzene rings is 1. The molecule has 5 N–H and O–H groups in total. The highest BCUT2D eigenvalue weighted by Crippen LogP contribution is 2.45. The Morgan fingerprint density at radius 3 is 2.48 bits per heavy atom. The molecule has 0 saturated carbocycles. The average molecular weight is 380 g/mol. The second-order valence-corrected chi connectivity index (χ2v) is 6.57. The van der Waals surface area contributed by atoms with Crippen LogP contribution in [0, 0.1) is 11.3 Å². The Bertz CT molecular complexity index is 850. The van der Waals surface area contributed by atoms with Gasteiger partial charge in [-0.1, -0.05) is 23.2 Å². The molecule has 0 amide bonds. The second-order valence-electron chi connectivity index (χ2n) is 5.76. The first-order valence-electron chi connectivity index (χ1n) is 7.62. The molecule has 1 aromatic heterocycles. The van der Waals surface area contributed by atoms with Gasteiger partial charge in [0, 0.05) is 12.5 Å². The minimum absolute atomic E-state index is 0.0219. The van der Waals surface area contributed by atoms with E-state index in [0.29, 0.717) is 12.2 Å². The predicted octanol–water partition coefficient (Wildman–Crippen LogP) is 2.78. The fraction of sp³-hybridized carbons (Fsp3) is 0.312. The molecule has 1 atom stereocenters. The molecule has 25 heavy (non-hydrogen) atoms. The molecule has 1 saturated heterocycles. The lowest BCUT2D eigenvalue weighted by molar-refractivity contribution is 0.450. The number of rotatable bonds is 2. The van der Waals surface area contributed by atoms with Crippen LogP contribution in [-0.2, 0) is 0 Å². The van der Waals surface area contributed by atoms with E-state index in [1.54, 1.807) is 0 Å². The zero-order chi connectivity index (χ0) is 18.1. The summed E-state index contributed by atoms with van der Waals surface area (Å²) >= 11 is 11.9. The third-order valence-electron chi connectivity index (χ3n) is 4.16. The first-order chi connectivity index (χ1) is 11.9. The van der Waals surface area contributed by atoms with E-state index in [1.165, 1.54) is 6.07 Å². The number of aromatic nitrogens is 2. The van der Waals surface area contributed by atoms with Crippen molar-refractivity contribution in [3.05, 3.63) is 27.4 Å². The molecule has 1 unspecified atom stereocenters. The van der Waals surface area contributed by atoms with Crippen LogP contribution in [0.5, 0.6) is 11.5 Å². The van der Waals surface area contributed by atoms with Gasteiger partial charge >= 0.3 is 0 Å². The molecule has 9 heteroatoms. The van der Waals surface area contributed by atoms with Gasteiger partial charge in [-0.3, -0.25) is 0 Å². The molecule has 130 valence electrons. The topological polar surface area (TPSA) is 128 Å². The SMILES string of the molecule is N#Cc1c(N)nc(-c2c(O)c(Cl)cc(Cl)c2O)nc1C1CCCNC1. The van der Waals surface area contributed by atoms with Gasteiger partial charge in [0.2, 0.25) is 0 Å². The van der Waals surface area contributed by atoms with Gasteiger partial charge in [0.15, 0.2) is 5.82 Å². The predicted molar refractivity (Wildman–Crippen MR) is 94.8 cm³/mol. The van der Waals surface area contributed by atoms with Gasteiger partial charge in [-0.25, -0.2) is 9.97 Å². The van der Waals surface area contributed by atoms with E-state index in [-0.39, 0.29) is 38.7 Å². The molecule has 0 radical (unpaired) electrons. The average Bonchev–Trinajstić information content (AvgIpc) is 2.60. The molecule has 3 rings (SSSR count). The number of halogens is 2. The Morgan fingerprint density at radius 1 is 1.24 bits per heavy atom. The van der Waals surface area contributed by atoms with E-state index in [4.69, 9.17) is 28.9 Å². The van der Waals surface area contributed by atoms with Gasteiger partial charge in [0.05, 0.1) is 15.7 Å². The van der Waals surface area contributed by atoms with Crippen LogP contribution in [0.25, 0.3) is 11.4 Å². The van der Waals surface area contributed by atoms with E-state index < -0.39 is 11.5 Å². The van der Waals surface area contributed by atoms with Crippen LogP contribution in [0.2, 0.25) is 10.0 Å². The van der Waals surface area contributed by atoms with Crippen LogP contribution in [-0.4, -0.2) is 33.3 Å². The van der Waals surface area contributed by atoms with E-state index in [9.17, 15) is 15.5 Å². The number of nitrogens with zero attached hydrogens (tertiary/aromatic N) is 3. The molecule has 7 nitrogen and oxygen atoms in total. The molecule has 2 aromatic rings. The molecule has 2 heterocycles. The fourth-order valence-corrected chi connectivity index (χ4v) is 3.38. The van der Waals surface area contributed by atoms with Gasteiger partial charge in [0.1, 0.15) is 34.5 Å². The number of aromatic hydroxyl groups is 2. The normalized spacial score (nSPS) is 17.2. The smallest absolute Gasteiger partial charge is 0.169 e. The molecular formula is C16H15Cl2N5O2. The summed E-state index contributed by atoms with van der Waals surface area (Å²) in [4.78, 5) is 8.47. The number of phenols is 2. The second kappa shape index (κ2) is 6.92. The van der Waals surface area contributed by atoms with Gasteiger partial charge < -0.3 is 21.3 Å². The van der Waals surface area contributed by atoms with Crippen LogP contribution in [0.4, 0.5) is 5.82 Å². The number of hydrogen-bond donors (Lipinski definition) is 4. The van der Waals surface area contributed by atoms with E-state index in [1.807, 2.05) is 6.07 Å². The first kappa shape index (κ1) is 17.5. The van der Waals surface area contributed by atoms with Crippen molar-refractivity contribution in [2.45, 2.75) is 18.8 Å². The number of nitrogens with one attached hydrogen (secondary N) is 1. The van der Waals surface area contributed by atoms with E-state index in [2.05, 4.69) is 15.3 Å². The maximum Gasteiger partial charge on any atom is 0.169 e. The third kappa shape index (κ3) is 3.16. The summed E-state index contributed by atoms with van der Waals surface area (Å²) in [5, 5.41) is 33.0. The lowest BCUT2D eigenvalue weighted by Gasteiger charge is -2.23. The summed E-state index contributed by atoms with van der Waals surface area (Å²) < 4.78 is 0. The van der Waals surface area contributed by atoms with E-state index >= 15 is 0 Å².